The standard InChI is InChI=1S/C14H30O6/c1-11(2)10-13(19-8-5-16)14(20-9-6-17)12(3)18-7-4-15/h11-17H,4-10H2,1-3H3. The van der Waals surface area contributed by atoms with Crippen LogP contribution in [-0.4, -0.2) is 73.3 Å². The van der Waals surface area contributed by atoms with E-state index in [1.54, 1.807) is 0 Å². The molecule has 0 aliphatic carbocycles. The van der Waals surface area contributed by atoms with Crippen LogP contribution in [0.1, 0.15) is 27.2 Å². The van der Waals surface area contributed by atoms with Crippen molar-refractivity contribution in [3.8, 4) is 0 Å². The third kappa shape index (κ3) is 8.84. The lowest BCUT2D eigenvalue weighted by Crippen LogP contribution is -2.43. The highest BCUT2D eigenvalue weighted by molar-refractivity contribution is 4.78. The molecule has 0 saturated carbocycles. The average Bonchev–Trinajstić information content (AvgIpc) is 2.41. The van der Waals surface area contributed by atoms with Crippen molar-refractivity contribution in [3.63, 3.8) is 0 Å². The molecule has 3 N–H and O–H groups in total. The Labute approximate surface area is 121 Å². The van der Waals surface area contributed by atoms with Crippen LogP contribution in [-0.2, 0) is 14.2 Å². The Balaban J connectivity index is 4.68. The van der Waals surface area contributed by atoms with Gasteiger partial charge in [-0.05, 0) is 19.3 Å². The smallest absolute Gasteiger partial charge is 0.110 e. The summed E-state index contributed by atoms with van der Waals surface area (Å²) in [5, 5.41) is 26.7. The summed E-state index contributed by atoms with van der Waals surface area (Å²) >= 11 is 0. The van der Waals surface area contributed by atoms with Crippen LogP contribution in [0, 0.1) is 5.92 Å². The fourth-order valence-electron chi connectivity index (χ4n) is 2.03. The number of rotatable bonds is 13. The Morgan fingerprint density at radius 2 is 1.25 bits per heavy atom. The second-order valence-corrected chi connectivity index (χ2v) is 5.12. The van der Waals surface area contributed by atoms with Gasteiger partial charge in [0.25, 0.3) is 0 Å². The lowest BCUT2D eigenvalue weighted by atomic mass is 9.98. The van der Waals surface area contributed by atoms with Gasteiger partial charge in [-0.1, -0.05) is 13.8 Å². The number of hydrogen-bond donors (Lipinski definition) is 3. The first-order valence-corrected chi connectivity index (χ1v) is 7.24. The Kier molecular flexibility index (Phi) is 12.3. The SMILES string of the molecule is CC(C)CC(OCCO)C(OCCO)C(C)OCCO. The van der Waals surface area contributed by atoms with E-state index in [0.29, 0.717) is 5.92 Å². The van der Waals surface area contributed by atoms with E-state index in [-0.39, 0.29) is 58.0 Å². The van der Waals surface area contributed by atoms with E-state index in [1.807, 2.05) is 6.92 Å². The molecular weight excluding hydrogens is 264 g/mol. The predicted molar refractivity (Wildman–Crippen MR) is 75.6 cm³/mol. The molecule has 0 bridgehead atoms. The first-order valence-electron chi connectivity index (χ1n) is 7.24. The van der Waals surface area contributed by atoms with Crippen molar-refractivity contribution in [1.82, 2.24) is 0 Å². The predicted octanol–water partition coefficient (Wildman–Crippen LogP) is 0.185. The van der Waals surface area contributed by atoms with Gasteiger partial charge in [0.1, 0.15) is 6.10 Å². The maximum atomic E-state index is 8.93. The number of aliphatic hydroxyl groups is 3. The van der Waals surface area contributed by atoms with Gasteiger partial charge in [-0.3, -0.25) is 0 Å². The van der Waals surface area contributed by atoms with Crippen molar-refractivity contribution in [2.75, 3.05) is 39.6 Å². The molecule has 0 spiro atoms. The summed E-state index contributed by atoms with van der Waals surface area (Å²) in [5.74, 6) is 0.406. The highest BCUT2D eigenvalue weighted by Crippen LogP contribution is 2.19. The third-order valence-corrected chi connectivity index (χ3v) is 2.83. The average molecular weight is 294 g/mol. The summed E-state index contributed by atoms with van der Waals surface area (Å²) in [7, 11) is 0. The molecular formula is C14H30O6. The normalized spacial score (nSPS) is 16.4. The molecule has 6 nitrogen and oxygen atoms in total. The third-order valence-electron chi connectivity index (χ3n) is 2.83. The zero-order chi connectivity index (χ0) is 15.4. The van der Waals surface area contributed by atoms with Crippen LogP contribution < -0.4 is 0 Å². The topological polar surface area (TPSA) is 88.4 Å². The van der Waals surface area contributed by atoms with Crippen molar-refractivity contribution in [3.05, 3.63) is 0 Å². The van der Waals surface area contributed by atoms with Gasteiger partial charge < -0.3 is 29.5 Å². The lowest BCUT2D eigenvalue weighted by molar-refractivity contribution is -0.147. The molecule has 0 aromatic carbocycles. The van der Waals surface area contributed by atoms with E-state index in [4.69, 9.17) is 29.5 Å². The Morgan fingerprint density at radius 3 is 1.75 bits per heavy atom. The highest BCUT2D eigenvalue weighted by Gasteiger charge is 2.29. The summed E-state index contributed by atoms with van der Waals surface area (Å²) < 4.78 is 16.8. The molecule has 6 heteroatoms. The summed E-state index contributed by atoms with van der Waals surface area (Å²) in [5.41, 5.74) is 0. The van der Waals surface area contributed by atoms with Gasteiger partial charge in [0.15, 0.2) is 0 Å². The molecule has 0 aromatic rings. The minimum atomic E-state index is -0.345. The van der Waals surface area contributed by atoms with Crippen LogP contribution in [0.15, 0.2) is 0 Å². The molecule has 0 rings (SSSR count). The molecule has 3 atom stereocenters. The van der Waals surface area contributed by atoms with Crippen molar-refractivity contribution in [2.45, 2.75) is 45.5 Å². The van der Waals surface area contributed by atoms with Crippen molar-refractivity contribution in [1.29, 1.82) is 0 Å². The van der Waals surface area contributed by atoms with Gasteiger partial charge in [-0.25, -0.2) is 0 Å². The quantitative estimate of drug-likeness (QED) is 0.449. The van der Waals surface area contributed by atoms with Crippen molar-refractivity contribution in [2.24, 2.45) is 5.92 Å². The zero-order valence-corrected chi connectivity index (χ0v) is 12.8. The van der Waals surface area contributed by atoms with E-state index in [2.05, 4.69) is 13.8 Å². The van der Waals surface area contributed by atoms with E-state index in [0.717, 1.165) is 6.42 Å². The number of ether oxygens (including phenoxy) is 3. The maximum absolute atomic E-state index is 8.93. The molecule has 0 aliphatic heterocycles. The maximum Gasteiger partial charge on any atom is 0.110 e. The van der Waals surface area contributed by atoms with E-state index < -0.39 is 0 Å². The molecule has 3 unspecified atom stereocenters. The largest absolute Gasteiger partial charge is 0.394 e. The van der Waals surface area contributed by atoms with E-state index >= 15 is 0 Å². The van der Waals surface area contributed by atoms with Gasteiger partial charge in [0, 0.05) is 0 Å². The molecule has 122 valence electrons. The molecule has 0 amide bonds. The van der Waals surface area contributed by atoms with Crippen LogP contribution in [0.2, 0.25) is 0 Å². The monoisotopic (exact) mass is 294 g/mol. The highest BCUT2D eigenvalue weighted by atomic mass is 16.6. The Morgan fingerprint density at radius 1 is 0.750 bits per heavy atom. The summed E-state index contributed by atoms with van der Waals surface area (Å²) in [4.78, 5) is 0. The Bertz CT molecular complexity index is 212. The van der Waals surface area contributed by atoms with Gasteiger partial charge in [-0.2, -0.15) is 0 Å². The van der Waals surface area contributed by atoms with E-state index in [9.17, 15) is 0 Å². The number of hydrogen-bond acceptors (Lipinski definition) is 6. The van der Waals surface area contributed by atoms with Crippen LogP contribution in [0.25, 0.3) is 0 Å². The van der Waals surface area contributed by atoms with Gasteiger partial charge in [-0.15, -0.1) is 0 Å². The van der Waals surface area contributed by atoms with Gasteiger partial charge >= 0.3 is 0 Å². The second-order valence-electron chi connectivity index (χ2n) is 5.12. The number of aliphatic hydroxyl groups excluding tert-OH is 3. The van der Waals surface area contributed by atoms with Gasteiger partial charge in [0.2, 0.25) is 0 Å². The fraction of sp³-hybridized carbons (Fsp3) is 1.00. The Hall–Kier alpha value is -0.240. The minimum absolute atomic E-state index is 0.0484. The first-order chi connectivity index (χ1) is 9.56. The molecule has 0 saturated heterocycles. The molecule has 0 aliphatic rings. The second kappa shape index (κ2) is 12.5. The summed E-state index contributed by atoms with van der Waals surface area (Å²) in [6.07, 6.45) is -0.0654. The summed E-state index contributed by atoms with van der Waals surface area (Å²) in [6.45, 7) is 6.52. The lowest BCUT2D eigenvalue weighted by Gasteiger charge is -2.32. The molecule has 0 radical (unpaired) electrons. The van der Waals surface area contributed by atoms with Crippen LogP contribution in [0.5, 0.6) is 0 Å². The van der Waals surface area contributed by atoms with E-state index in [1.165, 1.54) is 0 Å². The molecule has 0 aromatic heterocycles. The molecule has 0 fully saturated rings. The fourth-order valence-corrected chi connectivity index (χ4v) is 2.03. The molecule has 20 heavy (non-hydrogen) atoms. The first kappa shape index (κ1) is 19.8. The van der Waals surface area contributed by atoms with Crippen LogP contribution in [0.4, 0.5) is 0 Å². The van der Waals surface area contributed by atoms with Crippen LogP contribution >= 0.6 is 0 Å². The molecule has 0 heterocycles. The minimum Gasteiger partial charge on any atom is -0.394 e. The van der Waals surface area contributed by atoms with Gasteiger partial charge in [0.05, 0.1) is 51.8 Å². The van der Waals surface area contributed by atoms with Crippen molar-refractivity contribution < 1.29 is 29.5 Å². The van der Waals surface area contributed by atoms with Crippen LogP contribution in [0.3, 0.4) is 0 Å². The summed E-state index contributed by atoms with van der Waals surface area (Å²) in [6, 6.07) is 0. The zero-order valence-electron chi connectivity index (χ0n) is 12.8. The van der Waals surface area contributed by atoms with Crippen molar-refractivity contribution >= 4 is 0 Å².